The van der Waals surface area contributed by atoms with E-state index in [-0.39, 0.29) is 5.56 Å². The highest BCUT2D eigenvalue weighted by molar-refractivity contribution is 8.57. The van der Waals surface area contributed by atoms with Gasteiger partial charge in [0.15, 0.2) is 5.16 Å². The minimum atomic E-state index is -2.90. The Hall–Kier alpha value is -0.840. The van der Waals surface area contributed by atoms with Crippen LogP contribution in [0.5, 0.6) is 0 Å². The van der Waals surface area contributed by atoms with E-state index >= 15 is 0 Å². The van der Waals surface area contributed by atoms with Crippen LogP contribution in [0.3, 0.4) is 0 Å². The molecule has 1 aliphatic heterocycles. The third-order valence-corrected chi connectivity index (χ3v) is 6.74. The molecule has 2 heterocycles. The largest absolute Gasteiger partial charge is 0.318 e. The smallest absolute Gasteiger partial charge is 0.291 e. The predicted octanol–water partition coefficient (Wildman–Crippen LogP) is 2.40. The molecule has 0 aromatic carbocycles. The molecule has 0 aliphatic carbocycles. The Morgan fingerprint density at radius 2 is 2.38 bits per heavy atom. The molecule has 1 aliphatic rings. The molecule has 16 heavy (non-hydrogen) atoms. The fourth-order valence-electron chi connectivity index (χ4n) is 1.31. The van der Waals surface area contributed by atoms with Gasteiger partial charge < -0.3 is 9.09 Å². The van der Waals surface area contributed by atoms with Crippen molar-refractivity contribution in [2.45, 2.75) is 19.0 Å². The summed E-state index contributed by atoms with van der Waals surface area (Å²) in [5.74, 6) is 0. The summed E-state index contributed by atoms with van der Waals surface area (Å²) in [6.45, 7) is 1.01. The van der Waals surface area contributed by atoms with Crippen molar-refractivity contribution in [3.63, 3.8) is 0 Å². The van der Waals surface area contributed by atoms with Crippen LogP contribution < -0.4 is 5.56 Å². The first-order valence-electron chi connectivity index (χ1n) is 4.77. The number of allylic oxidation sites excluding steroid dienone is 1. The third kappa shape index (κ3) is 2.00. The van der Waals surface area contributed by atoms with Crippen LogP contribution in [0.1, 0.15) is 13.8 Å². The van der Waals surface area contributed by atoms with Gasteiger partial charge in [-0.1, -0.05) is 0 Å². The van der Waals surface area contributed by atoms with E-state index in [0.29, 0.717) is 17.1 Å². The van der Waals surface area contributed by atoms with E-state index in [1.54, 1.807) is 30.8 Å². The molecule has 2 rings (SSSR count). The molecule has 0 saturated heterocycles. The maximum absolute atomic E-state index is 12.4. The maximum atomic E-state index is 12.4. The van der Waals surface area contributed by atoms with Gasteiger partial charge in [0.1, 0.15) is 0 Å². The minimum absolute atomic E-state index is 0.338. The van der Waals surface area contributed by atoms with Crippen molar-refractivity contribution >= 4 is 24.2 Å². The quantitative estimate of drug-likeness (QED) is 0.602. The van der Waals surface area contributed by atoms with Crippen LogP contribution in [0, 0.1) is 0 Å². The SMILES string of the molecule is CCOP1(=O)Sc2nc(=O)ccn2C=C1C. The fourth-order valence-corrected chi connectivity index (χ4v) is 4.97. The van der Waals surface area contributed by atoms with Crippen molar-refractivity contribution in [3.8, 4) is 0 Å². The topological polar surface area (TPSA) is 61.2 Å². The second kappa shape index (κ2) is 4.20. The summed E-state index contributed by atoms with van der Waals surface area (Å²) in [4.78, 5) is 14.9. The number of hydrogen-bond acceptors (Lipinski definition) is 5. The van der Waals surface area contributed by atoms with Gasteiger partial charge in [-0.15, -0.1) is 0 Å². The molecule has 1 aromatic rings. The molecular formula is C9H11N2O3PS. The van der Waals surface area contributed by atoms with E-state index < -0.39 is 6.57 Å². The fraction of sp³-hybridized carbons (Fsp3) is 0.333. The monoisotopic (exact) mass is 258 g/mol. The third-order valence-electron chi connectivity index (χ3n) is 2.06. The van der Waals surface area contributed by atoms with Crippen LogP contribution in [0.15, 0.2) is 27.5 Å². The molecule has 1 unspecified atom stereocenters. The molecule has 1 atom stereocenters. The number of nitrogens with zero attached hydrogens (tertiary/aromatic N) is 2. The molecule has 5 nitrogen and oxygen atoms in total. The van der Waals surface area contributed by atoms with E-state index in [0.717, 1.165) is 11.4 Å². The second-order valence-corrected chi connectivity index (χ2v) is 7.73. The van der Waals surface area contributed by atoms with Crippen LogP contribution in [0.4, 0.5) is 0 Å². The summed E-state index contributed by atoms with van der Waals surface area (Å²) < 4.78 is 19.3. The molecule has 0 radical (unpaired) electrons. The van der Waals surface area contributed by atoms with E-state index in [1.165, 1.54) is 6.07 Å². The van der Waals surface area contributed by atoms with E-state index in [4.69, 9.17) is 4.52 Å². The Morgan fingerprint density at radius 3 is 3.06 bits per heavy atom. The summed E-state index contributed by atoms with van der Waals surface area (Å²) >= 11 is 1.02. The summed E-state index contributed by atoms with van der Waals surface area (Å²) in [6.07, 6.45) is 3.30. The van der Waals surface area contributed by atoms with Crippen molar-refractivity contribution in [1.82, 2.24) is 9.55 Å². The lowest BCUT2D eigenvalue weighted by Crippen LogP contribution is -2.12. The van der Waals surface area contributed by atoms with Gasteiger partial charge in [-0.2, -0.15) is 4.98 Å². The molecule has 0 saturated carbocycles. The van der Waals surface area contributed by atoms with Crippen LogP contribution in [-0.4, -0.2) is 16.2 Å². The lowest BCUT2D eigenvalue weighted by atomic mass is 10.6. The first-order valence-corrected chi connectivity index (χ1v) is 7.82. The zero-order valence-corrected chi connectivity index (χ0v) is 10.6. The highest BCUT2D eigenvalue weighted by atomic mass is 32.7. The molecule has 0 fully saturated rings. The number of rotatable bonds is 2. The summed E-state index contributed by atoms with van der Waals surface area (Å²) in [5.41, 5.74) is -0.338. The Labute approximate surface area is 96.7 Å². The predicted molar refractivity (Wildman–Crippen MR) is 63.5 cm³/mol. The lowest BCUT2D eigenvalue weighted by molar-refractivity contribution is 0.350. The van der Waals surface area contributed by atoms with E-state index in [1.807, 2.05) is 0 Å². The molecule has 0 bridgehead atoms. The summed E-state index contributed by atoms with van der Waals surface area (Å²) in [6, 6.07) is 1.37. The van der Waals surface area contributed by atoms with Gasteiger partial charge in [0.05, 0.1) is 6.61 Å². The van der Waals surface area contributed by atoms with Gasteiger partial charge in [-0.25, -0.2) is 0 Å². The van der Waals surface area contributed by atoms with Gasteiger partial charge in [-0.3, -0.25) is 9.36 Å². The number of aromatic nitrogens is 2. The highest BCUT2D eigenvalue weighted by Gasteiger charge is 2.32. The van der Waals surface area contributed by atoms with Crippen LogP contribution >= 0.6 is 18.0 Å². The van der Waals surface area contributed by atoms with Crippen molar-refractivity contribution in [2.75, 3.05) is 6.61 Å². The first kappa shape index (κ1) is 11.6. The Kier molecular flexibility index (Phi) is 3.06. The van der Waals surface area contributed by atoms with Crippen molar-refractivity contribution in [3.05, 3.63) is 27.9 Å². The number of fused-ring (bicyclic) bond motifs is 1. The summed E-state index contributed by atoms with van der Waals surface area (Å²) in [5, 5.41) is 1.08. The maximum Gasteiger partial charge on any atom is 0.291 e. The molecule has 0 spiro atoms. The Balaban J connectivity index is 2.51. The van der Waals surface area contributed by atoms with E-state index in [2.05, 4.69) is 4.98 Å². The average Bonchev–Trinajstić information content (AvgIpc) is 2.21. The van der Waals surface area contributed by atoms with Gasteiger partial charge in [-0.05, 0) is 13.8 Å². The van der Waals surface area contributed by atoms with Crippen LogP contribution in [-0.2, 0) is 9.09 Å². The molecule has 86 valence electrons. The lowest BCUT2D eigenvalue weighted by Gasteiger charge is -2.22. The molecule has 1 aromatic heterocycles. The van der Waals surface area contributed by atoms with Crippen LogP contribution in [0.2, 0.25) is 0 Å². The zero-order valence-electron chi connectivity index (χ0n) is 8.91. The zero-order chi connectivity index (χ0) is 11.8. The van der Waals surface area contributed by atoms with Gasteiger partial charge in [0.25, 0.3) is 12.1 Å². The second-order valence-electron chi connectivity index (χ2n) is 3.23. The van der Waals surface area contributed by atoms with Gasteiger partial charge >= 0.3 is 0 Å². The Bertz CT molecular complexity index is 552. The summed E-state index contributed by atoms with van der Waals surface area (Å²) in [7, 11) is 0. The molecule has 0 amide bonds. The van der Waals surface area contributed by atoms with Crippen LogP contribution in [0.25, 0.3) is 6.20 Å². The average molecular weight is 258 g/mol. The van der Waals surface area contributed by atoms with Crippen molar-refractivity contribution in [1.29, 1.82) is 0 Å². The first-order chi connectivity index (χ1) is 7.55. The molecule has 7 heteroatoms. The normalized spacial score (nSPS) is 23.8. The van der Waals surface area contributed by atoms with Gasteiger partial charge in [0, 0.05) is 35.2 Å². The van der Waals surface area contributed by atoms with Gasteiger partial charge in [0.2, 0.25) is 0 Å². The standard InChI is InChI=1S/C9H11N2O3PS/c1-3-14-15(13)7(2)6-11-5-4-8(12)10-9(11)16-15/h4-6H,3H2,1-2H3. The Morgan fingerprint density at radius 1 is 1.62 bits per heavy atom. The highest BCUT2D eigenvalue weighted by Crippen LogP contribution is 2.69. The molecule has 0 N–H and O–H groups in total. The number of hydrogen-bond donors (Lipinski definition) is 0. The van der Waals surface area contributed by atoms with E-state index in [9.17, 15) is 9.36 Å². The van der Waals surface area contributed by atoms with Crippen molar-refractivity contribution in [2.24, 2.45) is 0 Å². The minimum Gasteiger partial charge on any atom is -0.318 e. The molecular weight excluding hydrogens is 247 g/mol. The van der Waals surface area contributed by atoms with Crippen molar-refractivity contribution < 1.29 is 9.09 Å².